The SMILES string of the molecule is C[C@@H]1CC[C@@H]2C3=C(CCCC3)CCN2C1. The largest absolute Gasteiger partial charge is 0.296 e. The molecule has 0 radical (unpaired) electrons. The average molecular weight is 205 g/mol. The van der Waals surface area contributed by atoms with Crippen molar-refractivity contribution in [2.45, 2.75) is 57.9 Å². The highest BCUT2D eigenvalue weighted by Crippen LogP contribution is 2.39. The first-order valence-corrected chi connectivity index (χ1v) is 6.79. The maximum Gasteiger partial charge on any atom is 0.0310 e. The van der Waals surface area contributed by atoms with E-state index in [-0.39, 0.29) is 0 Å². The molecule has 0 unspecified atom stereocenters. The molecule has 2 aliphatic heterocycles. The normalized spacial score (nSPS) is 37.4. The lowest BCUT2D eigenvalue weighted by atomic mass is 9.78. The van der Waals surface area contributed by atoms with Crippen LogP contribution in [-0.2, 0) is 0 Å². The molecule has 1 nitrogen and oxygen atoms in total. The highest BCUT2D eigenvalue weighted by Gasteiger charge is 2.33. The van der Waals surface area contributed by atoms with E-state index in [1.807, 2.05) is 11.1 Å². The molecule has 0 saturated carbocycles. The topological polar surface area (TPSA) is 3.24 Å². The van der Waals surface area contributed by atoms with Crippen LogP contribution in [-0.4, -0.2) is 24.0 Å². The number of hydrogen-bond acceptors (Lipinski definition) is 1. The van der Waals surface area contributed by atoms with Crippen molar-refractivity contribution in [3.05, 3.63) is 11.1 Å². The standard InChI is InChI=1S/C14H23N/c1-11-6-7-14-13-5-3-2-4-12(13)8-9-15(14)10-11/h11,14H,2-10H2,1H3/t11-,14-/m1/s1. The molecule has 0 N–H and O–H groups in total. The minimum atomic E-state index is 0.866. The summed E-state index contributed by atoms with van der Waals surface area (Å²) < 4.78 is 0. The number of fused-ring (bicyclic) bond motifs is 2. The van der Waals surface area contributed by atoms with Crippen LogP contribution >= 0.6 is 0 Å². The molecule has 3 aliphatic rings. The van der Waals surface area contributed by atoms with Gasteiger partial charge < -0.3 is 0 Å². The predicted molar refractivity (Wildman–Crippen MR) is 63.9 cm³/mol. The van der Waals surface area contributed by atoms with E-state index in [2.05, 4.69) is 11.8 Å². The summed E-state index contributed by atoms with van der Waals surface area (Å²) in [6, 6.07) is 0.866. The van der Waals surface area contributed by atoms with E-state index in [1.165, 1.54) is 58.0 Å². The van der Waals surface area contributed by atoms with Gasteiger partial charge in [0.25, 0.3) is 0 Å². The number of hydrogen-bond donors (Lipinski definition) is 0. The fourth-order valence-corrected chi connectivity index (χ4v) is 3.84. The Kier molecular flexibility index (Phi) is 2.59. The summed E-state index contributed by atoms with van der Waals surface area (Å²) >= 11 is 0. The smallest absolute Gasteiger partial charge is 0.0310 e. The molecule has 2 atom stereocenters. The number of rotatable bonds is 0. The molecule has 84 valence electrons. The lowest BCUT2D eigenvalue weighted by Crippen LogP contribution is -2.47. The van der Waals surface area contributed by atoms with Crippen LogP contribution in [0.2, 0.25) is 0 Å². The maximum atomic E-state index is 2.78. The minimum absolute atomic E-state index is 0.866. The third-order valence-electron chi connectivity index (χ3n) is 4.65. The quantitative estimate of drug-likeness (QED) is 0.548. The molecule has 1 heteroatoms. The van der Waals surface area contributed by atoms with Gasteiger partial charge in [-0.25, -0.2) is 0 Å². The van der Waals surface area contributed by atoms with Gasteiger partial charge in [-0.05, 0) is 50.9 Å². The van der Waals surface area contributed by atoms with Crippen molar-refractivity contribution in [1.29, 1.82) is 0 Å². The van der Waals surface area contributed by atoms with Crippen LogP contribution in [0.25, 0.3) is 0 Å². The zero-order valence-electron chi connectivity index (χ0n) is 9.97. The summed E-state index contributed by atoms with van der Waals surface area (Å²) in [6.07, 6.45) is 10.1. The Bertz CT molecular complexity index is 279. The van der Waals surface area contributed by atoms with Gasteiger partial charge in [-0.15, -0.1) is 0 Å². The molecule has 0 aromatic rings. The third-order valence-corrected chi connectivity index (χ3v) is 4.65. The lowest BCUT2D eigenvalue weighted by Gasteiger charge is -2.45. The van der Waals surface area contributed by atoms with Crippen molar-refractivity contribution in [3.8, 4) is 0 Å². The van der Waals surface area contributed by atoms with Crippen LogP contribution in [0.1, 0.15) is 51.9 Å². The van der Waals surface area contributed by atoms with Crippen LogP contribution < -0.4 is 0 Å². The summed E-state index contributed by atoms with van der Waals surface area (Å²) in [5, 5.41) is 0. The molecule has 0 aromatic carbocycles. The molecule has 0 spiro atoms. The fourth-order valence-electron chi connectivity index (χ4n) is 3.84. The second-order valence-corrected chi connectivity index (χ2v) is 5.78. The number of nitrogens with zero attached hydrogens (tertiary/aromatic N) is 1. The summed E-state index contributed by atoms with van der Waals surface area (Å²) in [5.74, 6) is 0.937. The van der Waals surface area contributed by atoms with E-state index in [4.69, 9.17) is 0 Å². The van der Waals surface area contributed by atoms with Crippen molar-refractivity contribution in [2.24, 2.45) is 5.92 Å². The molecule has 1 saturated heterocycles. The fraction of sp³-hybridized carbons (Fsp3) is 0.857. The van der Waals surface area contributed by atoms with Gasteiger partial charge in [0.05, 0.1) is 0 Å². The molecular weight excluding hydrogens is 182 g/mol. The molecule has 1 aliphatic carbocycles. The van der Waals surface area contributed by atoms with Gasteiger partial charge >= 0.3 is 0 Å². The molecule has 1 fully saturated rings. The second kappa shape index (κ2) is 3.93. The van der Waals surface area contributed by atoms with E-state index < -0.39 is 0 Å². The van der Waals surface area contributed by atoms with E-state index in [9.17, 15) is 0 Å². The second-order valence-electron chi connectivity index (χ2n) is 5.78. The van der Waals surface area contributed by atoms with Crippen molar-refractivity contribution in [3.63, 3.8) is 0 Å². The van der Waals surface area contributed by atoms with Gasteiger partial charge in [-0.1, -0.05) is 18.1 Å². The molecule has 0 amide bonds. The van der Waals surface area contributed by atoms with Gasteiger partial charge in [0.15, 0.2) is 0 Å². The molecule has 3 rings (SSSR count). The first kappa shape index (κ1) is 9.89. The van der Waals surface area contributed by atoms with Crippen molar-refractivity contribution < 1.29 is 0 Å². The summed E-state index contributed by atoms with van der Waals surface area (Å²) in [6.45, 7) is 5.14. The van der Waals surface area contributed by atoms with Crippen molar-refractivity contribution in [2.75, 3.05) is 13.1 Å². The van der Waals surface area contributed by atoms with Gasteiger partial charge in [0, 0.05) is 19.1 Å². The van der Waals surface area contributed by atoms with Gasteiger partial charge in [0.1, 0.15) is 0 Å². The van der Waals surface area contributed by atoms with Crippen LogP contribution in [0, 0.1) is 5.92 Å². The van der Waals surface area contributed by atoms with Gasteiger partial charge in [-0.3, -0.25) is 4.90 Å². The zero-order valence-corrected chi connectivity index (χ0v) is 9.97. The minimum Gasteiger partial charge on any atom is -0.296 e. The number of piperidine rings is 1. The Balaban J connectivity index is 1.83. The lowest BCUT2D eigenvalue weighted by molar-refractivity contribution is 0.120. The molecular formula is C14H23N. The van der Waals surface area contributed by atoms with Crippen LogP contribution in [0.15, 0.2) is 11.1 Å². The van der Waals surface area contributed by atoms with Gasteiger partial charge in [-0.2, -0.15) is 0 Å². The molecule has 0 aromatic heterocycles. The van der Waals surface area contributed by atoms with Crippen molar-refractivity contribution >= 4 is 0 Å². The van der Waals surface area contributed by atoms with E-state index in [1.54, 1.807) is 0 Å². The average Bonchev–Trinajstić information content (AvgIpc) is 2.28. The van der Waals surface area contributed by atoms with Crippen LogP contribution in [0.5, 0.6) is 0 Å². The Hall–Kier alpha value is -0.300. The molecule has 15 heavy (non-hydrogen) atoms. The Morgan fingerprint density at radius 1 is 1.07 bits per heavy atom. The Morgan fingerprint density at radius 3 is 2.87 bits per heavy atom. The highest BCUT2D eigenvalue weighted by molar-refractivity contribution is 5.26. The zero-order chi connectivity index (χ0) is 10.3. The first-order valence-electron chi connectivity index (χ1n) is 6.79. The third kappa shape index (κ3) is 1.75. The van der Waals surface area contributed by atoms with E-state index in [0.29, 0.717) is 0 Å². The van der Waals surface area contributed by atoms with Crippen LogP contribution in [0.4, 0.5) is 0 Å². The summed E-state index contributed by atoms with van der Waals surface area (Å²) in [5.41, 5.74) is 3.73. The Morgan fingerprint density at radius 2 is 1.93 bits per heavy atom. The van der Waals surface area contributed by atoms with Crippen molar-refractivity contribution in [1.82, 2.24) is 4.90 Å². The van der Waals surface area contributed by atoms with E-state index in [0.717, 1.165) is 12.0 Å². The maximum absolute atomic E-state index is 2.78. The van der Waals surface area contributed by atoms with Gasteiger partial charge in [0.2, 0.25) is 0 Å². The first-order chi connectivity index (χ1) is 7.34. The Labute approximate surface area is 93.5 Å². The van der Waals surface area contributed by atoms with Crippen LogP contribution in [0.3, 0.4) is 0 Å². The highest BCUT2D eigenvalue weighted by atomic mass is 15.2. The van der Waals surface area contributed by atoms with E-state index >= 15 is 0 Å². The monoisotopic (exact) mass is 205 g/mol. The predicted octanol–water partition coefficient (Wildman–Crippen LogP) is 3.36. The summed E-state index contributed by atoms with van der Waals surface area (Å²) in [4.78, 5) is 2.78. The molecule has 2 heterocycles. The summed E-state index contributed by atoms with van der Waals surface area (Å²) in [7, 11) is 0. The molecule has 0 bridgehead atoms.